The molecule has 0 aliphatic heterocycles. The minimum atomic E-state index is -3.99. The summed E-state index contributed by atoms with van der Waals surface area (Å²) in [5, 5.41) is 0.138. The maximum Gasteiger partial charge on any atom is 0.235 e. The lowest BCUT2D eigenvalue weighted by molar-refractivity contribution is 0.564. The number of hydrogen-bond acceptors (Lipinski definition) is 5. The number of nitrogens with zero attached hydrogens (tertiary/aromatic N) is 2. The average Bonchev–Trinajstić information content (AvgIpc) is 3.02. The normalized spacial score (nSPS) is 11.5. The largest absolute Gasteiger partial charge is 0.419 e. The van der Waals surface area contributed by atoms with Gasteiger partial charge in [0.05, 0.1) is 15.5 Å². The highest BCUT2D eigenvalue weighted by Gasteiger charge is 2.30. The summed E-state index contributed by atoms with van der Waals surface area (Å²) in [6.07, 6.45) is 0. The maximum absolute atomic E-state index is 13.1. The molecule has 0 bridgehead atoms. The fourth-order valence-electron chi connectivity index (χ4n) is 2.23. The molecular weight excluding hydrogens is 367 g/mol. The van der Waals surface area contributed by atoms with Crippen LogP contribution in [0.3, 0.4) is 0 Å². The molecule has 0 aliphatic carbocycles. The second-order valence-electron chi connectivity index (χ2n) is 5.46. The van der Waals surface area contributed by atoms with Crippen molar-refractivity contribution in [3.05, 3.63) is 59.4 Å². The Balaban J connectivity index is 2.19. The average molecular weight is 381 g/mol. The van der Waals surface area contributed by atoms with Crippen LogP contribution in [-0.4, -0.2) is 27.5 Å². The number of halogens is 2. The third-order valence-corrected chi connectivity index (χ3v) is 5.47. The van der Waals surface area contributed by atoms with Crippen LogP contribution in [0.4, 0.5) is 10.3 Å². The lowest BCUT2D eigenvalue weighted by atomic mass is 10.2. The molecule has 0 aliphatic rings. The summed E-state index contributed by atoms with van der Waals surface area (Å²) in [6.45, 7) is 0. The van der Waals surface area contributed by atoms with E-state index in [4.69, 9.17) is 16.0 Å². The van der Waals surface area contributed by atoms with Gasteiger partial charge in [0.25, 0.3) is 0 Å². The molecule has 0 saturated carbocycles. The molecular formula is C17H14ClFN2O3S. The van der Waals surface area contributed by atoms with Crippen molar-refractivity contribution in [2.24, 2.45) is 0 Å². The molecule has 0 saturated heterocycles. The number of oxazole rings is 1. The van der Waals surface area contributed by atoms with E-state index in [1.807, 2.05) is 0 Å². The summed E-state index contributed by atoms with van der Waals surface area (Å²) in [5.41, 5.74) is 0.479. The number of benzene rings is 2. The van der Waals surface area contributed by atoms with Gasteiger partial charge in [0.15, 0.2) is 0 Å². The highest BCUT2D eigenvalue weighted by molar-refractivity contribution is 7.91. The fourth-order valence-corrected chi connectivity index (χ4v) is 3.82. The first-order chi connectivity index (χ1) is 11.8. The van der Waals surface area contributed by atoms with Crippen molar-refractivity contribution in [3.63, 3.8) is 0 Å². The molecule has 130 valence electrons. The minimum Gasteiger partial charge on any atom is -0.419 e. The molecule has 5 nitrogen and oxygen atoms in total. The Labute approximate surface area is 149 Å². The van der Waals surface area contributed by atoms with Gasteiger partial charge in [-0.25, -0.2) is 12.8 Å². The molecule has 1 heterocycles. The van der Waals surface area contributed by atoms with E-state index in [2.05, 4.69) is 4.98 Å². The molecule has 3 rings (SSSR count). The van der Waals surface area contributed by atoms with Gasteiger partial charge in [-0.3, -0.25) is 0 Å². The molecule has 25 heavy (non-hydrogen) atoms. The van der Waals surface area contributed by atoms with Crippen molar-refractivity contribution < 1.29 is 17.2 Å². The van der Waals surface area contributed by atoms with Crippen LogP contribution < -0.4 is 4.90 Å². The maximum atomic E-state index is 13.1. The topological polar surface area (TPSA) is 63.4 Å². The Hall–Kier alpha value is -2.38. The molecule has 0 unspecified atom stereocenters. The van der Waals surface area contributed by atoms with Gasteiger partial charge in [0, 0.05) is 14.1 Å². The van der Waals surface area contributed by atoms with Crippen LogP contribution in [0, 0.1) is 5.82 Å². The van der Waals surface area contributed by atoms with E-state index in [9.17, 15) is 12.8 Å². The fraction of sp³-hybridized carbons (Fsp3) is 0.118. The standard InChI is InChI=1S/C17H14ClFN2O3S/c1-21(2)17-16(25(22,23)12-9-7-11(19)8-10-12)20-15(24-17)13-5-3-4-6-14(13)18/h3-10H,1-2H3. The van der Waals surface area contributed by atoms with Gasteiger partial charge >= 0.3 is 0 Å². The van der Waals surface area contributed by atoms with Crippen LogP contribution in [0.15, 0.2) is 62.9 Å². The van der Waals surface area contributed by atoms with Crippen molar-refractivity contribution in [1.82, 2.24) is 4.98 Å². The number of aromatic nitrogens is 1. The van der Waals surface area contributed by atoms with Crippen molar-refractivity contribution in [3.8, 4) is 11.5 Å². The van der Waals surface area contributed by atoms with Gasteiger partial charge in [-0.05, 0) is 36.4 Å². The second kappa shape index (κ2) is 6.50. The number of rotatable bonds is 4. The van der Waals surface area contributed by atoms with Crippen LogP contribution in [0.25, 0.3) is 11.5 Å². The van der Waals surface area contributed by atoms with Gasteiger partial charge in [0.1, 0.15) is 5.82 Å². The first-order valence-electron chi connectivity index (χ1n) is 7.24. The Bertz CT molecular complexity index is 1010. The van der Waals surface area contributed by atoms with E-state index < -0.39 is 15.7 Å². The first kappa shape index (κ1) is 17.4. The van der Waals surface area contributed by atoms with E-state index in [0.717, 1.165) is 12.1 Å². The Morgan fingerprint density at radius 2 is 1.72 bits per heavy atom. The van der Waals surface area contributed by atoms with Crippen molar-refractivity contribution in [1.29, 1.82) is 0 Å². The zero-order valence-corrected chi connectivity index (χ0v) is 15.0. The molecule has 0 atom stereocenters. The predicted molar refractivity (Wildman–Crippen MR) is 93.1 cm³/mol. The lowest BCUT2D eigenvalue weighted by Gasteiger charge is -2.10. The van der Waals surface area contributed by atoms with Crippen LogP contribution in [-0.2, 0) is 9.84 Å². The van der Waals surface area contributed by atoms with E-state index in [0.29, 0.717) is 10.6 Å². The number of hydrogen-bond donors (Lipinski definition) is 0. The molecule has 2 aromatic carbocycles. The van der Waals surface area contributed by atoms with Crippen LogP contribution >= 0.6 is 11.6 Å². The SMILES string of the molecule is CN(C)c1oc(-c2ccccc2Cl)nc1S(=O)(=O)c1ccc(F)cc1. The van der Waals surface area contributed by atoms with Gasteiger partial charge in [-0.1, -0.05) is 23.7 Å². The van der Waals surface area contributed by atoms with E-state index >= 15 is 0 Å². The molecule has 0 fully saturated rings. The third-order valence-electron chi connectivity index (χ3n) is 3.47. The minimum absolute atomic E-state index is 0.0687. The molecule has 3 aromatic rings. The summed E-state index contributed by atoms with van der Waals surface area (Å²) in [6, 6.07) is 11.4. The zero-order chi connectivity index (χ0) is 18.2. The Morgan fingerprint density at radius 1 is 1.08 bits per heavy atom. The lowest BCUT2D eigenvalue weighted by Crippen LogP contribution is -2.13. The quantitative estimate of drug-likeness (QED) is 0.639. The molecule has 0 spiro atoms. The highest BCUT2D eigenvalue weighted by Crippen LogP contribution is 2.35. The van der Waals surface area contributed by atoms with Gasteiger partial charge < -0.3 is 9.32 Å². The van der Waals surface area contributed by atoms with Crippen LogP contribution in [0.5, 0.6) is 0 Å². The summed E-state index contributed by atoms with van der Waals surface area (Å²) < 4.78 is 44.5. The zero-order valence-electron chi connectivity index (χ0n) is 13.4. The second-order valence-corrected chi connectivity index (χ2v) is 7.73. The van der Waals surface area contributed by atoms with Gasteiger partial charge in [-0.15, -0.1) is 0 Å². The molecule has 0 amide bonds. The smallest absolute Gasteiger partial charge is 0.235 e. The monoisotopic (exact) mass is 380 g/mol. The summed E-state index contributed by atoms with van der Waals surface area (Å²) in [7, 11) is -0.709. The van der Waals surface area contributed by atoms with Gasteiger partial charge in [-0.2, -0.15) is 4.98 Å². The third kappa shape index (κ3) is 3.25. The van der Waals surface area contributed by atoms with Crippen molar-refractivity contribution in [2.45, 2.75) is 9.92 Å². The van der Waals surface area contributed by atoms with Crippen LogP contribution in [0.2, 0.25) is 5.02 Å². The van der Waals surface area contributed by atoms with Crippen molar-refractivity contribution in [2.75, 3.05) is 19.0 Å². The molecule has 0 N–H and O–H groups in total. The van der Waals surface area contributed by atoms with Crippen molar-refractivity contribution >= 4 is 27.3 Å². The molecule has 8 heteroatoms. The molecule has 0 radical (unpaired) electrons. The molecule has 1 aromatic heterocycles. The Morgan fingerprint density at radius 3 is 2.32 bits per heavy atom. The van der Waals surface area contributed by atoms with E-state index in [-0.39, 0.29) is 21.7 Å². The predicted octanol–water partition coefficient (Wildman–Crippen LogP) is 4.03. The summed E-state index contributed by atoms with van der Waals surface area (Å²) in [5.74, 6) is -0.363. The first-order valence-corrected chi connectivity index (χ1v) is 9.10. The highest BCUT2D eigenvalue weighted by atomic mass is 35.5. The summed E-state index contributed by atoms with van der Waals surface area (Å²) in [4.78, 5) is 5.59. The van der Waals surface area contributed by atoms with E-state index in [1.165, 1.54) is 17.0 Å². The Kier molecular flexibility index (Phi) is 4.53. The van der Waals surface area contributed by atoms with Gasteiger partial charge in [0.2, 0.25) is 26.6 Å². The van der Waals surface area contributed by atoms with E-state index in [1.54, 1.807) is 38.4 Å². The number of anilines is 1. The summed E-state index contributed by atoms with van der Waals surface area (Å²) >= 11 is 6.14. The van der Waals surface area contributed by atoms with Crippen LogP contribution in [0.1, 0.15) is 0 Å². The number of sulfone groups is 1.